The Kier molecular flexibility index (Phi) is 6.61. The normalized spacial score (nSPS) is 12.3. The Labute approximate surface area is 125 Å². The van der Waals surface area contributed by atoms with Crippen LogP contribution >= 0.6 is 0 Å². The minimum atomic E-state index is -3.02. The van der Waals surface area contributed by atoms with Gasteiger partial charge in [-0.1, -0.05) is 12.1 Å². The van der Waals surface area contributed by atoms with Gasteiger partial charge in [-0.15, -0.1) is 0 Å². The molecule has 21 heavy (non-hydrogen) atoms. The molecule has 0 aliphatic heterocycles. The first kappa shape index (κ1) is 17.4. The van der Waals surface area contributed by atoms with Crippen molar-refractivity contribution in [2.45, 2.75) is 13.5 Å². The highest BCUT2D eigenvalue weighted by Crippen LogP contribution is 2.05. The van der Waals surface area contributed by atoms with Crippen molar-refractivity contribution in [3.05, 3.63) is 35.6 Å². The number of hydrogen-bond acceptors (Lipinski definition) is 3. The number of rotatable bonds is 6. The highest BCUT2D eigenvalue weighted by atomic mass is 32.2. The van der Waals surface area contributed by atoms with Crippen LogP contribution in [0.2, 0.25) is 0 Å². The molecule has 0 fully saturated rings. The number of nitrogens with one attached hydrogen (secondary N) is 1. The van der Waals surface area contributed by atoms with Crippen LogP contribution in [-0.4, -0.2) is 51.4 Å². The van der Waals surface area contributed by atoms with Gasteiger partial charge in [0, 0.05) is 26.4 Å². The van der Waals surface area contributed by atoms with Gasteiger partial charge in [-0.25, -0.2) is 12.8 Å². The van der Waals surface area contributed by atoms with Crippen LogP contribution in [0.5, 0.6) is 0 Å². The highest BCUT2D eigenvalue weighted by molar-refractivity contribution is 7.90. The summed E-state index contributed by atoms with van der Waals surface area (Å²) in [5, 5.41) is 3.11. The first-order valence-corrected chi connectivity index (χ1v) is 8.79. The van der Waals surface area contributed by atoms with Crippen molar-refractivity contribution >= 4 is 15.8 Å². The summed E-state index contributed by atoms with van der Waals surface area (Å²) >= 11 is 0. The van der Waals surface area contributed by atoms with E-state index in [1.54, 1.807) is 12.1 Å². The van der Waals surface area contributed by atoms with E-state index in [2.05, 4.69) is 10.3 Å². The van der Waals surface area contributed by atoms with Gasteiger partial charge in [0.25, 0.3) is 0 Å². The molecule has 0 saturated heterocycles. The molecule has 5 nitrogen and oxygen atoms in total. The van der Waals surface area contributed by atoms with E-state index in [1.165, 1.54) is 18.4 Å². The van der Waals surface area contributed by atoms with E-state index in [-0.39, 0.29) is 18.1 Å². The molecule has 1 aromatic carbocycles. The second-order valence-electron chi connectivity index (χ2n) is 4.85. The Morgan fingerprint density at radius 2 is 1.95 bits per heavy atom. The van der Waals surface area contributed by atoms with Crippen molar-refractivity contribution in [2.75, 3.05) is 32.1 Å². The van der Waals surface area contributed by atoms with Crippen LogP contribution in [-0.2, 0) is 16.4 Å². The molecule has 1 N–H and O–H groups in total. The largest absolute Gasteiger partial charge is 0.357 e. The minimum absolute atomic E-state index is 0.0201. The Bertz CT molecular complexity index is 570. The highest BCUT2D eigenvalue weighted by Gasteiger charge is 2.07. The smallest absolute Gasteiger partial charge is 0.193 e. The maximum Gasteiger partial charge on any atom is 0.193 e. The molecule has 0 radical (unpaired) electrons. The van der Waals surface area contributed by atoms with Crippen molar-refractivity contribution in [1.82, 2.24) is 10.2 Å². The van der Waals surface area contributed by atoms with E-state index < -0.39 is 9.84 Å². The van der Waals surface area contributed by atoms with Crippen LogP contribution < -0.4 is 5.32 Å². The standard InChI is InChI=1S/C14H22FN3O2S/c1-4-16-14(17-9-10-21(3,19)20)18(2)11-12-5-7-13(15)8-6-12/h5-8H,4,9-11H2,1-3H3,(H,16,17). The van der Waals surface area contributed by atoms with E-state index >= 15 is 0 Å². The third-order valence-electron chi connectivity index (χ3n) is 2.75. The van der Waals surface area contributed by atoms with Gasteiger partial charge in [0.15, 0.2) is 5.96 Å². The molecule has 0 aliphatic carbocycles. The average Bonchev–Trinajstić information content (AvgIpc) is 2.39. The van der Waals surface area contributed by atoms with Crippen LogP contribution in [0.25, 0.3) is 0 Å². The third-order valence-corrected chi connectivity index (χ3v) is 3.68. The molecule has 7 heteroatoms. The molecule has 0 heterocycles. The molecule has 0 spiro atoms. The lowest BCUT2D eigenvalue weighted by Gasteiger charge is -2.22. The number of aliphatic imine (C=N–C) groups is 1. The fourth-order valence-electron chi connectivity index (χ4n) is 1.73. The van der Waals surface area contributed by atoms with Crippen LogP contribution in [0.4, 0.5) is 4.39 Å². The zero-order chi connectivity index (χ0) is 15.9. The summed E-state index contributed by atoms with van der Waals surface area (Å²) in [4.78, 5) is 6.16. The van der Waals surface area contributed by atoms with Gasteiger partial charge in [-0.05, 0) is 24.6 Å². The number of halogens is 1. The maximum absolute atomic E-state index is 12.9. The zero-order valence-electron chi connectivity index (χ0n) is 12.6. The fourth-order valence-corrected chi connectivity index (χ4v) is 2.15. The number of guanidine groups is 1. The van der Waals surface area contributed by atoms with Crippen molar-refractivity contribution in [1.29, 1.82) is 0 Å². The van der Waals surface area contributed by atoms with E-state index in [1.807, 2.05) is 18.9 Å². The predicted octanol–water partition coefficient (Wildman–Crippen LogP) is 1.27. The van der Waals surface area contributed by atoms with Gasteiger partial charge in [0.05, 0.1) is 12.3 Å². The molecule has 0 atom stereocenters. The van der Waals surface area contributed by atoms with Crippen molar-refractivity contribution in [3.8, 4) is 0 Å². The summed E-state index contributed by atoms with van der Waals surface area (Å²) in [5.74, 6) is 0.382. The molecule has 0 saturated carbocycles. The van der Waals surface area contributed by atoms with Gasteiger partial charge < -0.3 is 10.2 Å². The Morgan fingerprint density at radius 1 is 1.33 bits per heavy atom. The molecule has 0 aliphatic rings. The van der Waals surface area contributed by atoms with Crippen molar-refractivity contribution in [2.24, 2.45) is 4.99 Å². The maximum atomic E-state index is 12.9. The lowest BCUT2D eigenvalue weighted by atomic mass is 10.2. The van der Waals surface area contributed by atoms with Gasteiger partial charge in [-0.3, -0.25) is 4.99 Å². The zero-order valence-corrected chi connectivity index (χ0v) is 13.5. The summed E-state index contributed by atoms with van der Waals surface area (Å²) in [6.07, 6.45) is 1.19. The number of nitrogens with zero attached hydrogens (tertiary/aromatic N) is 2. The van der Waals surface area contributed by atoms with Gasteiger partial charge >= 0.3 is 0 Å². The van der Waals surface area contributed by atoms with Crippen LogP contribution in [0.1, 0.15) is 12.5 Å². The first-order valence-electron chi connectivity index (χ1n) is 6.73. The predicted molar refractivity (Wildman–Crippen MR) is 83.6 cm³/mol. The lowest BCUT2D eigenvalue weighted by Crippen LogP contribution is -2.38. The number of hydrogen-bond donors (Lipinski definition) is 1. The molecular weight excluding hydrogens is 293 g/mol. The van der Waals surface area contributed by atoms with Crippen LogP contribution in [0.15, 0.2) is 29.3 Å². The van der Waals surface area contributed by atoms with E-state index in [4.69, 9.17) is 0 Å². The monoisotopic (exact) mass is 315 g/mol. The molecule has 0 aromatic heterocycles. The molecule has 1 aromatic rings. The second kappa shape index (κ2) is 7.97. The van der Waals surface area contributed by atoms with Crippen LogP contribution in [0, 0.1) is 5.82 Å². The Hall–Kier alpha value is -1.63. The van der Waals surface area contributed by atoms with E-state index in [0.29, 0.717) is 19.0 Å². The molecule has 0 unspecified atom stereocenters. The number of benzene rings is 1. The van der Waals surface area contributed by atoms with Crippen LogP contribution in [0.3, 0.4) is 0 Å². The Morgan fingerprint density at radius 3 is 2.48 bits per heavy atom. The van der Waals surface area contributed by atoms with Gasteiger partial charge in [0.1, 0.15) is 15.7 Å². The average molecular weight is 315 g/mol. The third kappa shape index (κ3) is 7.08. The SMILES string of the molecule is CCNC(=NCCS(C)(=O)=O)N(C)Cc1ccc(F)cc1. The molecule has 1 rings (SSSR count). The topological polar surface area (TPSA) is 61.8 Å². The fraction of sp³-hybridized carbons (Fsp3) is 0.500. The molecule has 0 amide bonds. The summed E-state index contributed by atoms with van der Waals surface area (Å²) in [7, 11) is -1.17. The summed E-state index contributed by atoms with van der Waals surface area (Å²) in [6, 6.07) is 6.26. The molecular formula is C14H22FN3O2S. The van der Waals surface area contributed by atoms with Crippen molar-refractivity contribution < 1.29 is 12.8 Å². The second-order valence-corrected chi connectivity index (χ2v) is 7.11. The van der Waals surface area contributed by atoms with Crippen molar-refractivity contribution in [3.63, 3.8) is 0 Å². The summed E-state index contributed by atoms with van der Waals surface area (Å²) in [5.41, 5.74) is 0.951. The number of sulfone groups is 1. The molecule has 0 bridgehead atoms. The summed E-state index contributed by atoms with van der Waals surface area (Å²) in [6.45, 7) is 3.41. The minimum Gasteiger partial charge on any atom is -0.357 e. The van der Waals surface area contributed by atoms with E-state index in [0.717, 1.165) is 5.56 Å². The lowest BCUT2D eigenvalue weighted by molar-refractivity contribution is 0.477. The van der Waals surface area contributed by atoms with Gasteiger partial charge in [0.2, 0.25) is 0 Å². The Balaban J connectivity index is 2.69. The summed E-state index contributed by atoms with van der Waals surface area (Å²) < 4.78 is 35.1. The van der Waals surface area contributed by atoms with Gasteiger partial charge in [-0.2, -0.15) is 0 Å². The van der Waals surface area contributed by atoms with E-state index in [9.17, 15) is 12.8 Å². The first-order chi connectivity index (χ1) is 9.81. The molecule has 118 valence electrons. The quantitative estimate of drug-likeness (QED) is 0.634.